The van der Waals surface area contributed by atoms with Crippen molar-refractivity contribution in [3.05, 3.63) is 58.9 Å². The summed E-state index contributed by atoms with van der Waals surface area (Å²) in [7, 11) is 2.06. The van der Waals surface area contributed by atoms with E-state index in [0.29, 0.717) is 38.3 Å². The topological polar surface area (TPSA) is 72.5 Å². The van der Waals surface area contributed by atoms with Crippen molar-refractivity contribution < 1.29 is 9.59 Å². The highest BCUT2D eigenvalue weighted by Gasteiger charge is 2.30. The average Bonchev–Trinajstić information content (AvgIpc) is 3.16. The average molecular weight is 379 g/mol. The van der Waals surface area contributed by atoms with Crippen LogP contribution in [0.4, 0.5) is 0 Å². The van der Waals surface area contributed by atoms with E-state index in [-0.39, 0.29) is 11.8 Å². The number of piperazine rings is 1. The van der Waals surface area contributed by atoms with Gasteiger partial charge in [-0.15, -0.1) is 0 Å². The molecule has 2 aromatic rings. The highest BCUT2D eigenvalue weighted by molar-refractivity contribution is 5.95. The van der Waals surface area contributed by atoms with E-state index in [1.54, 1.807) is 11.0 Å². The van der Waals surface area contributed by atoms with Crippen molar-refractivity contribution in [1.82, 2.24) is 24.9 Å². The summed E-state index contributed by atoms with van der Waals surface area (Å²) in [5.41, 5.74) is 3.28. The second-order valence-electron chi connectivity index (χ2n) is 7.38. The number of nitrogens with zero attached hydrogens (tertiary/aromatic N) is 4. The van der Waals surface area contributed by atoms with Gasteiger partial charge in [0.1, 0.15) is 0 Å². The van der Waals surface area contributed by atoms with Crippen LogP contribution < -0.4 is 0 Å². The molecule has 0 saturated carbocycles. The number of nitrogens with one attached hydrogen (secondary N) is 1. The molecule has 1 fully saturated rings. The van der Waals surface area contributed by atoms with Crippen LogP contribution in [0.25, 0.3) is 6.08 Å². The molecule has 0 unspecified atom stereocenters. The molecular formula is C21H25N5O2. The van der Waals surface area contributed by atoms with E-state index >= 15 is 0 Å². The van der Waals surface area contributed by atoms with Crippen molar-refractivity contribution in [2.45, 2.75) is 13.0 Å². The predicted octanol–water partition coefficient (Wildman–Crippen LogP) is 1.40. The summed E-state index contributed by atoms with van der Waals surface area (Å²) >= 11 is 0. The molecule has 28 heavy (non-hydrogen) atoms. The standard InChI is InChI=1S/C21H25N5O2/c1-24-11-13-25(14-12-24)21(28)20-17-15-26(10-9-18(17)22-23-20)19(27)8-7-16-5-3-2-4-6-16/h2-8H,9-15H2,1H3,(H,22,23)/b8-7+. The third kappa shape index (κ3) is 3.84. The van der Waals surface area contributed by atoms with Crippen LogP contribution in [0, 0.1) is 0 Å². The maximum Gasteiger partial charge on any atom is 0.274 e. The summed E-state index contributed by atoms with van der Waals surface area (Å²) in [4.78, 5) is 31.4. The molecule has 3 heterocycles. The number of H-pyrrole nitrogens is 1. The predicted molar refractivity (Wildman–Crippen MR) is 107 cm³/mol. The zero-order valence-corrected chi connectivity index (χ0v) is 16.1. The van der Waals surface area contributed by atoms with Crippen molar-refractivity contribution in [3.63, 3.8) is 0 Å². The lowest BCUT2D eigenvalue weighted by Gasteiger charge is -2.32. The number of hydrogen-bond donors (Lipinski definition) is 1. The Kier molecular flexibility index (Phi) is 5.25. The van der Waals surface area contributed by atoms with Gasteiger partial charge in [-0.05, 0) is 18.7 Å². The molecule has 7 nitrogen and oxygen atoms in total. The highest BCUT2D eigenvalue weighted by atomic mass is 16.2. The van der Waals surface area contributed by atoms with Gasteiger partial charge >= 0.3 is 0 Å². The minimum Gasteiger partial charge on any atom is -0.335 e. The summed E-state index contributed by atoms with van der Waals surface area (Å²) in [5, 5.41) is 7.30. The molecule has 2 amide bonds. The third-order valence-corrected chi connectivity index (χ3v) is 5.46. The highest BCUT2D eigenvalue weighted by Crippen LogP contribution is 2.22. The molecule has 1 aromatic carbocycles. The molecule has 7 heteroatoms. The van der Waals surface area contributed by atoms with Crippen LogP contribution in [0.5, 0.6) is 0 Å². The first-order chi connectivity index (χ1) is 13.6. The number of likely N-dealkylation sites (N-methyl/N-ethyl adjacent to an activating group) is 1. The van der Waals surface area contributed by atoms with Crippen molar-refractivity contribution in [1.29, 1.82) is 0 Å². The minimum absolute atomic E-state index is 0.0419. The fourth-order valence-electron chi connectivity index (χ4n) is 3.66. The number of amides is 2. The van der Waals surface area contributed by atoms with Gasteiger partial charge in [-0.25, -0.2) is 0 Å². The van der Waals surface area contributed by atoms with Crippen LogP contribution >= 0.6 is 0 Å². The lowest BCUT2D eigenvalue weighted by molar-refractivity contribution is -0.126. The third-order valence-electron chi connectivity index (χ3n) is 5.46. The first-order valence-electron chi connectivity index (χ1n) is 9.68. The maximum atomic E-state index is 12.9. The monoisotopic (exact) mass is 379 g/mol. The quantitative estimate of drug-likeness (QED) is 0.818. The molecule has 4 rings (SSSR count). The van der Waals surface area contributed by atoms with Gasteiger partial charge in [-0.3, -0.25) is 14.7 Å². The van der Waals surface area contributed by atoms with E-state index in [9.17, 15) is 9.59 Å². The van der Waals surface area contributed by atoms with E-state index in [1.807, 2.05) is 41.3 Å². The molecule has 1 saturated heterocycles. The van der Waals surface area contributed by atoms with Gasteiger partial charge in [-0.2, -0.15) is 5.10 Å². The van der Waals surface area contributed by atoms with E-state index < -0.39 is 0 Å². The lowest BCUT2D eigenvalue weighted by atomic mass is 10.0. The summed E-state index contributed by atoms with van der Waals surface area (Å²) < 4.78 is 0. The molecule has 1 aromatic heterocycles. The van der Waals surface area contributed by atoms with Gasteiger partial charge in [0, 0.05) is 56.5 Å². The zero-order chi connectivity index (χ0) is 19.5. The van der Waals surface area contributed by atoms with Crippen LogP contribution in [-0.4, -0.2) is 76.5 Å². The lowest BCUT2D eigenvalue weighted by Crippen LogP contribution is -2.47. The van der Waals surface area contributed by atoms with Gasteiger partial charge in [0.05, 0.1) is 6.54 Å². The second kappa shape index (κ2) is 7.98. The molecule has 146 valence electrons. The number of carbonyl (C=O) groups is 2. The van der Waals surface area contributed by atoms with Crippen molar-refractivity contribution in [2.75, 3.05) is 39.8 Å². The number of carbonyl (C=O) groups excluding carboxylic acids is 2. The molecule has 0 aliphatic carbocycles. The molecule has 0 radical (unpaired) electrons. The minimum atomic E-state index is -0.0475. The second-order valence-corrected chi connectivity index (χ2v) is 7.38. The van der Waals surface area contributed by atoms with Gasteiger partial charge in [0.15, 0.2) is 5.69 Å². The SMILES string of the molecule is CN1CCN(C(=O)c2n[nH]c3c2CN(C(=O)/C=C/c2ccccc2)CC3)CC1. The van der Waals surface area contributed by atoms with Crippen molar-refractivity contribution in [3.8, 4) is 0 Å². The summed E-state index contributed by atoms with van der Waals surface area (Å²) in [5.74, 6) is -0.0894. The fraction of sp³-hybridized carbons (Fsp3) is 0.381. The van der Waals surface area contributed by atoms with Crippen molar-refractivity contribution in [2.24, 2.45) is 0 Å². The van der Waals surface area contributed by atoms with Gasteiger partial charge < -0.3 is 14.7 Å². The Bertz CT molecular complexity index is 881. The van der Waals surface area contributed by atoms with Gasteiger partial charge in [0.25, 0.3) is 5.91 Å². The van der Waals surface area contributed by atoms with E-state index in [4.69, 9.17) is 0 Å². The Balaban J connectivity index is 1.46. The fourth-order valence-corrected chi connectivity index (χ4v) is 3.66. The molecule has 0 atom stereocenters. The van der Waals surface area contributed by atoms with Crippen LogP contribution in [0.15, 0.2) is 36.4 Å². The number of hydrogen-bond acceptors (Lipinski definition) is 4. The molecular weight excluding hydrogens is 354 g/mol. The van der Waals surface area contributed by atoms with Crippen LogP contribution in [0.3, 0.4) is 0 Å². The van der Waals surface area contributed by atoms with Crippen LogP contribution in [-0.2, 0) is 17.8 Å². The van der Waals surface area contributed by atoms with Crippen LogP contribution in [0.2, 0.25) is 0 Å². The Hall–Kier alpha value is -2.93. The van der Waals surface area contributed by atoms with Gasteiger partial charge in [0.2, 0.25) is 5.91 Å². The number of fused-ring (bicyclic) bond motifs is 1. The Morgan fingerprint density at radius 1 is 1.04 bits per heavy atom. The Morgan fingerprint density at radius 3 is 2.54 bits per heavy atom. The van der Waals surface area contributed by atoms with Gasteiger partial charge in [-0.1, -0.05) is 30.3 Å². The molecule has 2 aliphatic rings. The molecule has 0 spiro atoms. The Labute approximate surface area is 164 Å². The molecule has 2 aliphatic heterocycles. The van der Waals surface area contributed by atoms with Crippen LogP contribution in [0.1, 0.15) is 27.3 Å². The van der Waals surface area contributed by atoms with E-state index in [1.165, 1.54) is 0 Å². The van der Waals surface area contributed by atoms with E-state index in [0.717, 1.165) is 29.9 Å². The number of aromatic nitrogens is 2. The smallest absolute Gasteiger partial charge is 0.274 e. The molecule has 1 N–H and O–H groups in total. The molecule has 0 bridgehead atoms. The Morgan fingerprint density at radius 2 is 1.79 bits per heavy atom. The summed E-state index contributed by atoms with van der Waals surface area (Å²) in [6.07, 6.45) is 4.11. The maximum absolute atomic E-state index is 12.9. The zero-order valence-electron chi connectivity index (χ0n) is 16.1. The summed E-state index contributed by atoms with van der Waals surface area (Å²) in [6, 6.07) is 9.75. The van der Waals surface area contributed by atoms with Crippen molar-refractivity contribution >= 4 is 17.9 Å². The normalized spacial score (nSPS) is 17.8. The largest absolute Gasteiger partial charge is 0.335 e. The number of aromatic amines is 1. The first-order valence-corrected chi connectivity index (χ1v) is 9.68. The number of rotatable bonds is 3. The first kappa shape index (κ1) is 18.4. The summed E-state index contributed by atoms with van der Waals surface area (Å²) in [6.45, 7) is 4.19. The van der Waals surface area contributed by atoms with E-state index in [2.05, 4.69) is 22.1 Å². The number of benzene rings is 1.